The van der Waals surface area contributed by atoms with Crippen molar-refractivity contribution < 1.29 is 34.1 Å². The van der Waals surface area contributed by atoms with E-state index in [9.17, 15) is 29.4 Å². The molecule has 7 nitrogen and oxygen atoms in total. The first kappa shape index (κ1) is 16.9. The van der Waals surface area contributed by atoms with Crippen LogP contribution >= 0.6 is 0 Å². The summed E-state index contributed by atoms with van der Waals surface area (Å²) in [6, 6.07) is 0. The van der Waals surface area contributed by atoms with Crippen molar-refractivity contribution in [2.45, 2.75) is 38.5 Å². The van der Waals surface area contributed by atoms with Crippen LogP contribution in [0.25, 0.3) is 0 Å². The van der Waals surface area contributed by atoms with Crippen molar-refractivity contribution in [1.82, 2.24) is 0 Å². The molecule has 0 amide bonds. The maximum atomic E-state index is 12.3. The highest BCUT2D eigenvalue weighted by atomic mass is 16.6. The minimum atomic E-state index is -1.82. The molecule has 0 aromatic carbocycles. The number of aliphatic carboxylic acids is 2. The van der Waals surface area contributed by atoms with Crippen molar-refractivity contribution in [3.8, 4) is 0 Å². The van der Waals surface area contributed by atoms with Gasteiger partial charge in [0, 0.05) is 0 Å². The number of esters is 2. The molecule has 0 aromatic rings. The van der Waals surface area contributed by atoms with Gasteiger partial charge < -0.3 is 14.9 Å². The van der Waals surface area contributed by atoms with E-state index < -0.39 is 34.7 Å². The minimum absolute atomic E-state index is 0.0188. The molecule has 2 rings (SSSR count). The summed E-state index contributed by atoms with van der Waals surface area (Å²) in [4.78, 5) is 47.7. The van der Waals surface area contributed by atoms with Gasteiger partial charge in [-0.25, -0.2) is 0 Å². The first-order valence-electron chi connectivity index (χ1n) is 7.39. The smallest absolute Gasteiger partial charge is 0.331 e. The summed E-state index contributed by atoms with van der Waals surface area (Å²) < 4.78 is 4.75. The largest absolute Gasteiger partial charge is 0.480 e. The van der Waals surface area contributed by atoms with E-state index >= 15 is 0 Å². The minimum Gasteiger partial charge on any atom is -0.480 e. The fourth-order valence-corrected chi connectivity index (χ4v) is 2.88. The molecule has 2 atom stereocenters. The summed E-state index contributed by atoms with van der Waals surface area (Å²) in [6.07, 6.45) is 7.25. The van der Waals surface area contributed by atoms with E-state index in [4.69, 9.17) is 4.74 Å². The monoisotopic (exact) mass is 322 g/mol. The lowest BCUT2D eigenvalue weighted by molar-refractivity contribution is -0.182. The number of carbonyl (C=O) groups is 4. The second kappa shape index (κ2) is 6.36. The molecule has 0 radical (unpaired) electrons. The first-order chi connectivity index (χ1) is 10.8. The second-order valence-electron chi connectivity index (χ2n) is 5.88. The van der Waals surface area contributed by atoms with Gasteiger partial charge in [0.05, 0.1) is 0 Å². The molecule has 0 saturated carbocycles. The van der Waals surface area contributed by atoms with Crippen molar-refractivity contribution >= 4 is 23.9 Å². The topological polar surface area (TPSA) is 118 Å². The van der Waals surface area contributed by atoms with Gasteiger partial charge in [0.25, 0.3) is 0 Å². The summed E-state index contributed by atoms with van der Waals surface area (Å²) in [5, 5.41) is 18.8. The van der Waals surface area contributed by atoms with Crippen LogP contribution in [0, 0.1) is 10.8 Å². The molecule has 23 heavy (non-hydrogen) atoms. The number of ether oxygens (including phenoxy) is 1. The maximum Gasteiger partial charge on any atom is 0.331 e. The first-order valence-corrected chi connectivity index (χ1v) is 7.39. The van der Waals surface area contributed by atoms with Gasteiger partial charge in [0.15, 0.2) is 10.8 Å². The Kier molecular flexibility index (Phi) is 4.68. The SMILES string of the molecule is O=C(O)C1(C(=O)OC(=O)C2(C(=O)O)CC=CCC2)CC=CCC1. The summed E-state index contributed by atoms with van der Waals surface area (Å²) in [7, 11) is 0. The Hall–Kier alpha value is -2.44. The normalized spacial score (nSPS) is 29.7. The lowest BCUT2D eigenvalue weighted by atomic mass is 9.75. The van der Waals surface area contributed by atoms with E-state index in [0.29, 0.717) is 12.8 Å². The summed E-state index contributed by atoms with van der Waals surface area (Å²) >= 11 is 0. The van der Waals surface area contributed by atoms with E-state index in [1.54, 1.807) is 24.3 Å². The van der Waals surface area contributed by atoms with Crippen LogP contribution in [0.15, 0.2) is 24.3 Å². The Labute approximate surface area is 132 Å². The van der Waals surface area contributed by atoms with Gasteiger partial charge >= 0.3 is 23.9 Å². The molecule has 2 aliphatic rings. The third kappa shape index (κ3) is 2.91. The second-order valence-corrected chi connectivity index (χ2v) is 5.88. The highest BCUT2D eigenvalue weighted by Gasteiger charge is 2.53. The lowest BCUT2D eigenvalue weighted by Gasteiger charge is -2.31. The average molecular weight is 322 g/mol. The Morgan fingerprint density at radius 1 is 0.739 bits per heavy atom. The zero-order chi connectivity index (χ0) is 17.1. The van der Waals surface area contributed by atoms with Crippen molar-refractivity contribution in [1.29, 1.82) is 0 Å². The number of carboxylic acid groups (broad SMARTS) is 2. The van der Waals surface area contributed by atoms with E-state index in [1.807, 2.05) is 0 Å². The number of rotatable bonds is 4. The van der Waals surface area contributed by atoms with Gasteiger partial charge in [0.2, 0.25) is 0 Å². The molecule has 0 heterocycles. The molecule has 0 aliphatic heterocycles. The molecular weight excluding hydrogens is 304 g/mol. The van der Waals surface area contributed by atoms with Gasteiger partial charge in [0.1, 0.15) is 0 Å². The van der Waals surface area contributed by atoms with E-state index in [-0.39, 0.29) is 25.7 Å². The zero-order valence-electron chi connectivity index (χ0n) is 12.5. The molecule has 7 heteroatoms. The van der Waals surface area contributed by atoms with Crippen LogP contribution in [0.5, 0.6) is 0 Å². The zero-order valence-corrected chi connectivity index (χ0v) is 12.5. The van der Waals surface area contributed by atoms with Gasteiger partial charge in [-0.15, -0.1) is 0 Å². The molecular formula is C16H18O7. The van der Waals surface area contributed by atoms with Crippen LogP contribution in [0.1, 0.15) is 38.5 Å². The molecule has 0 bridgehead atoms. The maximum absolute atomic E-state index is 12.3. The standard InChI is InChI=1S/C16H18O7/c17-11(18)15(7-3-1-4-8-15)13(21)23-14(22)16(12(19)20)9-5-2-6-10-16/h1-3,5H,4,6-10H2,(H,17,18)(H,19,20). The Bertz CT molecular complexity index is 552. The van der Waals surface area contributed by atoms with Crippen LogP contribution in [0.4, 0.5) is 0 Å². The predicted molar refractivity (Wildman–Crippen MR) is 77.2 cm³/mol. The van der Waals surface area contributed by atoms with E-state index in [1.165, 1.54) is 0 Å². The fraction of sp³-hybridized carbons (Fsp3) is 0.500. The van der Waals surface area contributed by atoms with Crippen molar-refractivity contribution in [2.75, 3.05) is 0 Å². The van der Waals surface area contributed by atoms with Crippen LogP contribution < -0.4 is 0 Å². The Morgan fingerprint density at radius 2 is 1.13 bits per heavy atom. The molecule has 0 fully saturated rings. The third-order valence-corrected chi connectivity index (χ3v) is 4.53. The lowest BCUT2D eigenvalue weighted by Crippen LogP contribution is -2.47. The molecule has 0 aromatic heterocycles. The van der Waals surface area contributed by atoms with E-state index in [2.05, 4.69) is 0 Å². The summed E-state index contributed by atoms with van der Waals surface area (Å²) in [5.74, 6) is -5.11. The van der Waals surface area contributed by atoms with Crippen molar-refractivity contribution in [3.63, 3.8) is 0 Å². The number of hydrogen-bond donors (Lipinski definition) is 2. The van der Waals surface area contributed by atoms with Gasteiger partial charge in [-0.05, 0) is 38.5 Å². The Morgan fingerprint density at radius 3 is 1.39 bits per heavy atom. The van der Waals surface area contributed by atoms with Crippen molar-refractivity contribution in [2.24, 2.45) is 10.8 Å². The molecule has 2 unspecified atom stereocenters. The molecule has 124 valence electrons. The van der Waals surface area contributed by atoms with Crippen LogP contribution in [-0.4, -0.2) is 34.1 Å². The quantitative estimate of drug-likeness (QED) is 0.459. The summed E-state index contributed by atoms with van der Waals surface area (Å²) in [6.45, 7) is 0. The fourth-order valence-electron chi connectivity index (χ4n) is 2.88. The van der Waals surface area contributed by atoms with Crippen molar-refractivity contribution in [3.05, 3.63) is 24.3 Å². The number of carboxylic acids is 2. The van der Waals surface area contributed by atoms with Gasteiger partial charge in [-0.1, -0.05) is 24.3 Å². The molecule has 2 N–H and O–H groups in total. The highest BCUT2D eigenvalue weighted by molar-refractivity contribution is 6.08. The van der Waals surface area contributed by atoms with Crippen LogP contribution in [0.3, 0.4) is 0 Å². The van der Waals surface area contributed by atoms with Crippen LogP contribution in [-0.2, 0) is 23.9 Å². The molecule has 0 spiro atoms. The van der Waals surface area contributed by atoms with Gasteiger partial charge in [-0.3, -0.25) is 19.2 Å². The average Bonchev–Trinajstić information content (AvgIpc) is 2.55. The molecule has 0 saturated heterocycles. The number of carbonyl (C=O) groups excluding carboxylic acids is 2. The predicted octanol–water partition coefficient (Wildman–Crippen LogP) is 1.68. The van der Waals surface area contributed by atoms with E-state index in [0.717, 1.165) is 0 Å². The number of allylic oxidation sites excluding steroid dienone is 4. The van der Waals surface area contributed by atoms with Gasteiger partial charge in [-0.2, -0.15) is 0 Å². The Balaban J connectivity index is 2.22. The number of hydrogen-bond acceptors (Lipinski definition) is 5. The van der Waals surface area contributed by atoms with Crippen LogP contribution in [0.2, 0.25) is 0 Å². The summed E-state index contributed by atoms with van der Waals surface area (Å²) in [5.41, 5.74) is -3.65. The molecule has 2 aliphatic carbocycles. The highest BCUT2D eigenvalue weighted by Crippen LogP contribution is 2.38. The third-order valence-electron chi connectivity index (χ3n) is 4.53.